The molecule has 2 rings (SSSR count). The largest absolute Gasteiger partial charge is 0.394 e. The van der Waals surface area contributed by atoms with Crippen molar-refractivity contribution in [3.8, 4) is 0 Å². The van der Waals surface area contributed by atoms with E-state index in [2.05, 4.69) is 17.3 Å². The minimum absolute atomic E-state index is 0.000616. The van der Waals surface area contributed by atoms with Crippen molar-refractivity contribution in [3.63, 3.8) is 0 Å². The molecule has 0 spiro atoms. The molecule has 0 aromatic carbocycles. The molecule has 1 aromatic rings. The maximum Gasteiger partial charge on any atom is 0.254 e. The summed E-state index contributed by atoms with van der Waals surface area (Å²) in [5.74, 6) is 6.14. The molecular formula is C14H22N4O2. The standard InChI is InChI=1S/C14H22N4O2/c1-3-11-6-10(7-13(16-11)17-15)14(20)18-5-4-9(2)12(18)8-19/h6-7,9,12,19H,3-5,8,15H2,1-2H3,(H,16,17). The van der Waals surface area contributed by atoms with Crippen molar-refractivity contribution in [1.82, 2.24) is 9.88 Å². The minimum atomic E-state index is -0.102. The predicted octanol–water partition coefficient (Wildman–Crippen LogP) is 0.772. The summed E-state index contributed by atoms with van der Waals surface area (Å²) in [5.41, 5.74) is 3.87. The Hall–Kier alpha value is -1.66. The number of amides is 1. The van der Waals surface area contributed by atoms with Gasteiger partial charge in [0.05, 0.1) is 12.6 Å². The van der Waals surface area contributed by atoms with Crippen molar-refractivity contribution >= 4 is 11.7 Å². The molecule has 1 aliphatic rings. The third-order valence-electron chi connectivity index (χ3n) is 3.97. The van der Waals surface area contributed by atoms with Crippen LogP contribution >= 0.6 is 0 Å². The van der Waals surface area contributed by atoms with Gasteiger partial charge in [0.15, 0.2) is 0 Å². The van der Waals surface area contributed by atoms with E-state index in [-0.39, 0.29) is 18.6 Å². The molecule has 1 fully saturated rings. The van der Waals surface area contributed by atoms with Crippen LogP contribution in [0.2, 0.25) is 0 Å². The van der Waals surface area contributed by atoms with Gasteiger partial charge in [0.1, 0.15) is 5.82 Å². The second kappa shape index (κ2) is 6.19. The Kier molecular flexibility index (Phi) is 4.57. The number of nitrogens with one attached hydrogen (secondary N) is 1. The quantitative estimate of drug-likeness (QED) is 0.559. The van der Waals surface area contributed by atoms with Gasteiger partial charge < -0.3 is 15.4 Å². The van der Waals surface area contributed by atoms with Crippen LogP contribution in [0.5, 0.6) is 0 Å². The number of carbonyl (C=O) groups excluding carboxylic acids is 1. The van der Waals surface area contributed by atoms with Gasteiger partial charge in [-0.1, -0.05) is 13.8 Å². The monoisotopic (exact) mass is 278 g/mol. The number of anilines is 1. The molecule has 1 amide bonds. The number of nitrogens with zero attached hydrogens (tertiary/aromatic N) is 2. The van der Waals surface area contributed by atoms with Gasteiger partial charge in [0, 0.05) is 17.8 Å². The zero-order chi connectivity index (χ0) is 14.7. The number of aliphatic hydroxyl groups is 1. The number of aryl methyl sites for hydroxylation is 1. The van der Waals surface area contributed by atoms with E-state index in [0.29, 0.717) is 23.8 Å². The van der Waals surface area contributed by atoms with Crippen molar-refractivity contribution in [2.45, 2.75) is 32.7 Å². The molecule has 2 heterocycles. The third kappa shape index (κ3) is 2.76. The third-order valence-corrected chi connectivity index (χ3v) is 3.97. The molecule has 2 unspecified atom stereocenters. The Morgan fingerprint density at radius 2 is 2.35 bits per heavy atom. The molecule has 0 bridgehead atoms. The first-order valence-electron chi connectivity index (χ1n) is 7.00. The Morgan fingerprint density at radius 3 is 2.95 bits per heavy atom. The molecule has 2 atom stereocenters. The smallest absolute Gasteiger partial charge is 0.254 e. The number of nitrogen functional groups attached to an aromatic ring is 1. The Morgan fingerprint density at radius 1 is 1.60 bits per heavy atom. The normalized spacial score (nSPS) is 22.1. The van der Waals surface area contributed by atoms with Crippen LogP contribution in [0.3, 0.4) is 0 Å². The summed E-state index contributed by atoms with van der Waals surface area (Å²) in [6.45, 7) is 4.72. The SMILES string of the molecule is CCc1cc(C(=O)N2CCC(C)C2CO)cc(NN)n1. The van der Waals surface area contributed by atoms with Gasteiger partial charge in [-0.3, -0.25) is 4.79 Å². The van der Waals surface area contributed by atoms with Gasteiger partial charge in [0.2, 0.25) is 0 Å². The van der Waals surface area contributed by atoms with E-state index in [1.54, 1.807) is 17.0 Å². The molecule has 1 aromatic heterocycles. The molecule has 20 heavy (non-hydrogen) atoms. The second-order valence-corrected chi connectivity index (χ2v) is 5.24. The van der Waals surface area contributed by atoms with Crippen molar-refractivity contribution in [1.29, 1.82) is 0 Å². The average Bonchev–Trinajstić information content (AvgIpc) is 2.86. The fourth-order valence-corrected chi connectivity index (χ4v) is 2.67. The Balaban J connectivity index is 2.28. The highest BCUT2D eigenvalue weighted by atomic mass is 16.3. The number of rotatable bonds is 4. The van der Waals surface area contributed by atoms with Crippen LogP contribution in [-0.4, -0.2) is 40.1 Å². The number of aromatic nitrogens is 1. The number of carbonyl (C=O) groups is 1. The van der Waals surface area contributed by atoms with Crippen LogP contribution in [0, 0.1) is 5.92 Å². The molecule has 6 heteroatoms. The molecule has 6 nitrogen and oxygen atoms in total. The van der Waals surface area contributed by atoms with E-state index >= 15 is 0 Å². The lowest BCUT2D eigenvalue weighted by Crippen LogP contribution is -2.39. The number of pyridine rings is 1. The molecule has 0 aliphatic carbocycles. The van der Waals surface area contributed by atoms with E-state index < -0.39 is 0 Å². The summed E-state index contributed by atoms with van der Waals surface area (Å²) in [6.07, 6.45) is 1.65. The first-order chi connectivity index (χ1) is 9.60. The van der Waals surface area contributed by atoms with Gasteiger partial charge in [-0.2, -0.15) is 0 Å². The van der Waals surface area contributed by atoms with E-state index in [1.807, 2.05) is 6.92 Å². The highest BCUT2D eigenvalue weighted by molar-refractivity contribution is 5.95. The fraction of sp³-hybridized carbons (Fsp3) is 0.571. The highest BCUT2D eigenvalue weighted by Gasteiger charge is 2.34. The zero-order valence-corrected chi connectivity index (χ0v) is 12.0. The lowest BCUT2D eigenvalue weighted by Gasteiger charge is -2.25. The first-order valence-corrected chi connectivity index (χ1v) is 7.00. The van der Waals surface area contributed by atoms with Crippen molar-refractivity contribution < 1.29 is 9.90 Å². The number of nitrogens with two attached hydrogens (primary N) is 1. The van der Waals surface area contributed by atoms with Crippen LogP contribution < -0.4 is 11.3 Å². The number of hydrazine groups is 1. The second-order valence-electron chi connectivity index (χ2n) is 5.24. The van der Waals surface area contributed by atoms with E-state index in [1.165, 1.54) is 0 Å². The molecular weight excluding hydrogens is 256 g/mol. The van der Waals surface area contributed by atoms with Crippen molar-refractivity contribution in [2.75, 3.05) is 18.6 Å². The number of aliphatic hydroxyl groups excluding tert-OH is 1. The summed E-state index contributed by atoms with van der Waals surface area (Å²) in [4.78, 5) is 18.6. The first kappa shape index (κ1) is 14.7. The van der Waals surface area contributed by atoms with Crippen molar-refractivity contribution in [2.24, 2.45) is 11.8 Å². The minimum Gasteiger partial charge on any atom is -0.394 e. The number of hydrogen-bond acceptors (Lipinski definition) is 5. The molecule has 0 saturated carbocycles. The number of likely N-dealkylation sites (tertiary alicyclic amines) is 1. The molecule has 0 radical (unpaired) electrons. The van der Waals surface area contributed by atoms with Crippen LogP contribution in [0.4, 0.5) is 5.82 Å². The van der Waals surface area contributed by atoms with Gasteiger partial charge in [0.25, 0.3) is 5.91 Å². The summed E-state index contributed by atoms with van der Waals surface area (Å²) >= 11 is 0. The Bertz CT molecular complexity index is 470. The summed E-state index contributed by atoms with van der Waals surface area (Å²) in [7, 11) is 0. The summed E-state index contributed by atoms with van der Waals surface area (Å²) < 4.78 is 0. The van der Waals surface area contributed by atoms with Crippen LogP contribution in [0.25, 0.3) is 0 Å². The summed E-state index contributed by atoms with van der Waals surface area (Å²) in [5, 5.41) is 9.47. The maximum absolute atomic E-state index is 12.6. The van der Waals surface area contributed by atoms with Gasteiger partial charge in [-0.15, -0.1) is 0 Å². The van der Waals surface area contributed by atoms with E-state index in [4.69, 9.17) is 5.84 Å². The number of hydrogen-bond donors (Lipinski definition) is 3. The van der Waals surface area contributed by atoms with Crippen LogP contribution in [0.15, 0.2) is 12.1 Å². The molecule has 110 valence electrons. The zero-order valence-electron chi connectivity index (χ0n) is 12.0. The maximum atomic E-state index is 12.6. The van der Waals surface area contributed by atoms with Gasteiger partial charge in [-0.05, 0) is 30.9 Å². The fourth-order valence-electron chi connectivity index (χ4n) is 2.67. The molecule has 1 aliphatic heterocycles. The van der Waals surface area contributed by atoms with Crippen LogP contribution in [-0.2, 0) is 6.42 Å². The van der Waals surface area contributed by atoms with E-state index in [0.717, 1.165) is 18.5 Å². The average molecular weight is 278 g/mol. The molecule has 1 saturated heterocycles. The van der Waals surface area contributed by atoms with E-state index in [9.17, 15) is 9.90 Å². The summed E-state index contributed by atoms with van der Waals surface area (Å²) in [6, 6.07) is 3.34. The van der Waals surface area contributed by atoms with Gasteiger partial charge in [-0.25, -0.2) is 10.8 Å². The Labute approximate surface area is 119 Å². The van der Waals surface area contributed by atoms with Crippen LogP contribution in [0.1, 0.15) is 36.3 Å². The lowest BCUT2D eigenvalue weighted by molar-refractivity contribution is 0.0648. The van der Waals surface area contributed by atoms with Gasteiger partial charge >= 0.3 is 0 Å². The predicted molar refractivity (Wildman–Crippen MR) is 77.1 cm³/mol. The van der Waals surface area contributed by atoms with Crippen molar-refractivity contribution in [3.05, 3.63) is 23.4 Å². The lowest BCUT2D eigenvalue weighted by atomic mass is 10.0. The molecule has 4 N–H and O–H groups in total. The highest BCUT2D eigenvalue weighted by Crippen LogP contribution is 2.26. The topological polar surface area (TPSA) is 91.5 Å².